The Labute approximate surface area is 411 Å². The molecule has 3 N–H and O–H groups in total. The van der Waals surface area contributed by atoms with Crippen molar-refractivity contribution in [1.29, 1.82) is 0 Å². The fourth-order valence-corrected chi connectivity index (χ4v) is 8.90. The minimum absolute atomic E-state index is 0.00132. The van der Waals surface area contributed by atoms with Crippen LogP contribution < -0.4 is 5.32 Å². The van der Waals surface area contributed by atoms with Crippen LogP contribution in [0, 0.1) is 0 Å². The smallest absolute Gasteiger partial charge is 0.305 e. The van der Waals surface area contributed by atoms with Gasteiger partial charge in [-0.3, -0.25) is 9.59 Å². The molecule has 2 unspecified atom stereocenters. The Morgan fingerprint density at radius 2 is 0.758 bits per heavy atom. The molecular formula is C60H113NO5. The van der Waals surface area contributed by atoms with Crippen LogP contribution in [0.4, 0.5) is 0 Å². The lowest BCUT2D eigenvalue weighted by atomic mass is 10.0. The highest BCUT2D eigenvalue weighted by Crippen LogP contribution is 2.16. The van der Waals surface area contributed by atoms with E-state index in [1.165, 1.54) is 225 Å². The van der Waals surface area contributed by atoms with Gasteiger partial charge in [0.25, 0.3) is 0 Å². The third kappa shape index (κ3) is 51.5. The summed E-state index contributed by atoms with van der Waals surface area (Å²) in [6.45, 7) is 4.92. The average molecular weight is 929 g/mol. The van der Waals surface area contributed by atoms with E-state index in [1.807, 2.05) is 0 Å². The third-order valence-corrected chi connectivity index (χ3v) is 13.4. The molecular weight excluding hydrogens is 815 g/mol. The number of hydrogen-bond donors (Lipinski definition) is 3. The van der Waals surface area contributed by atoms with Gasteiger partial charge in [0, 0.05) is 12.8 Å². The molecule has 0 spiro atoms. The van der Waals surface area contributed by atoms with Crippen LogP contribution in [0.3, 0.4) is 0 Å². The molecule has 66 heavy (non-hydrogen) atoms. The number of carbonyl (C=O) groups excluding carboxylic acids is 2. The van der Waals surface area contributed by atoms with Crippen LogP contribution in [-0.4, -0.2) is 47.4 Å². The van der Waals surface area contributed by atoms with Gasteiger partial charge in [-0.05, 0) is 83.5 Å². The van der Waals surface area contributed by atoms with Crippen molar-refractivity contribution >= 4 is 11.9 Å². The van der Waals surface area contributed by atoms with Crippen molar-refractivity contribution in [1.82, 2.24) is 5.32 Å². The molecule has 0 fully saturated rings. The van der Waals surface area contributed by atoms with Gasteiger partial charge in [-0.25, -0.2) is 0 Å². The molecule has 388 valence electrons. The maximum atomic E-state index is 12.4. The molecule has 0 aromatic heterocycles. The summed E-state index contributed by atoms with van der Waals surface area (Å²) in [5, 5.41) is 23.2. The van der Waals surface area contributed by atoms with Crippen molar-refractivity contribution in [2.75, 3.05) is 13.2 Å². The van der Waals surface area contributed by atoms with Gasteiger partial charge in [0.15, 0.2) is 0 Å². The number of ether oxygens (including phenoxy) is 1. The van der Waals surface area contributed by atoms with Gasteiger partial charge in [0.2, 0.25) is 5.91 Å². The van der Waals surface area contributed by atoms with Crippen molar-refractivity contribution in [3.8, 4) is 0 Å². The maximum absolute atomic E-state index is 12.4. The zero-order valence-electron chi connectivity index (χ0n) is 44.2. The molecule has 0 aliphatic rings. The summed E-state index contributed by atoms with van der Waals surface area (Å²) in [6.07, 6.45) is 68.5. The Morgan fingerprint density at radius 1 is 0.424 bits per heavy atom. The molecule has 6 nitrogen and oxygen atoms in total. The summed E-state index contributed by atoms with van der Waals surface area (Å²) in [5.74, 6) is -0.0462. The summed E-state index contributed by atoms with van der Waals surface area (Å²) in [4.78, 5) is 24.5. The van der Waals surface area contributed by atoms with Gasteiger partial charge < -0.3 is 20.3 Å². The monoisotopic (exact) mass is 928 g/mol. The first kappa shape index (κ1) is 64.1. The fraction of sp³-hybridized carbons (Fsp3) is 0.867. The van der Waals surface area contributed by atoms with Gasteiger partial charge >= 0.3 is 5.97 Å². The molecule has 0 saturated carbocycles. The molecule has 0 aliphatic heterocycles. The Kier molecular flexibility index (Phi) is 54.1. The first-order chi connectivity index (χ1) is 32.5. The molecule has 0 aromatic carbocycles. The highest BCUT2D eigenvalue weighted by molar-refractivity contribution is 5.76. The van der Waals surface area contributed by atoms with Crippen LogP contribution in [0.2, 0.25) is 0 Å². The lowest BCUT2D eigenvalue weighted by molar-refractivity contribution is -0.143. The lowest BCUT2D eigenvalue weighted by Crippen LogP contribution is -2.45. The predicted molar refractivity (Wildman–Crippen MR) is 287 cm³/mol. The van der Waals surface area contributed by atoms with Gasteiger partial charge in [0.1, 0.15) is 0 Å². The molecule has 1 amide bonds. The summed E-state index contributed by atoms with van der Waals surface area (Å²) < 4.78 is 5.48. The zero-order chi connectivity index (χ0) is 47.9. The van der Waals surface area contributed by atoms with Gasteiger partial charge in [0.05, 0.1) is 25.4 Å². The van der Waals surface area contributed by atoms with Crippen molar-refractivity contribution in [2.45, 2.75) is 321 Å². The van der Waals surface area contributed by atoms with E-state index in [9.17, 15) is 19.8 Å². The van der Waals surface area contributed by atoms with Crippen molar-refractivity contribution < 1.29 is 24.5 Å². The molecule has 0 saturated heterocycles. The molecule has 0 radical (unpaired) electrons. The normalized spacial score (nSPS) is 12.8. The Bertz CT molecular complexity index is 1070. The van der Waals surface area contributed by atoms with E-state index >= 15 is 0 Å². The summed E-state index contributed by atoms with van der Waals surface area (Å²) in [6, 6.07) is -0.547. The van der Waals surface area contributed by atoms with Gasteiger partial charge in [-0.2, -0.15) is 0 Å². The van der Waals surface area contributed by atoms with E-state index in [1.54, 1.807) is 0 Å². The van der Waals surface area contributed by atoms with Gasteiger partial charge in [-0.15, -0.1) is 0 Å². The molecule has 0 bridgehead atoms. The number of esters is 1. The van der Waals surface area contributed by atoms with E-state index in [-0.39, 0.29) is 18.5 Å². The third-order valence-electron chi connectivity index (χ3n) is 13.4. The SMILES string of the molecule is CCCCCC/C=C\C/C=C\CCCCCCCCCC(=O)OCCCCCCCCCCC/C=C\CCCCCCCCCC(=O)NC(CO)C(O)CCCCCCCCCCCCC. The zero-order valence-corrected chi connectivity index (χ0v) is 44.2. The van der Waals surface area contributed by atoms with Crippen LogP contribution in [0.1, 0.15) is 309 Å². The quantitative estimate of drug-likeness (QED) is 0.0321. The molecule has 2 atom stereocenters. The number of rotatable bonds is 54. The van der Waals surface area contributed by atoms with Crippen LogP contribution in [0.5, 0.6) is 0 Å². The first-order valence-electron chi connectivity index (χ1n) is 29.2. The molecule has 0 rings (SSSR count). The molecule has 6 heteroatoms. The second kappa shape index (κ2) is 55.7. The minimum atomic E-state index is -0.669. The van der Waals surface area contributed by atoms with Gasteiger partial charge in [-0.1, -0.05) is 249 Å². The second-order valence-electron chi connectivity index (χ2n) is 20.0. The number of aliphatic hydroxyl groups excluding tert-OH is 2. The van der Waals surface area contributed by atoms with Crippen molar-refractivity contribution in [3.63, 3.8) is 0 Å². The number of aliphatic hydroxyl groups is 2. The average Bonchev–Trinajstić information content (AvgIpc) is 3.32. The second-order valence-corrected chi connectivity index (χ2v) is 20.0. The van der Waals surface area contributed by atoms with E-state index in [0.29, 0.717) is 25.9 Å². The molecule has 0 aromatic rings. The van der Waals surface area contributed by atoms with E-state index < -0.39 is 12.1 Å². The number of carbonyl (C=O) groups is 2. The number of amides is 1. The Hall–Kier alpha value is -1.92. The van der Waals surface area contributed by atoms with Crippen molar-refractivity contribution in [3.05, 3.63) is 36.5 Å². The van der Waals surface area contributed by atoms with E-state index in [4.69, 9.17) is 4.74 Å². The van der Waals surface area contributed by atoms with E-state index in [0.717, 1.165) is 51.4 Å². The first-order valence-corrected chi connectivity index (χ1v) is 29.2. The summed E-state index contributed by atoms with van der Waals surface area (Å²) in [7, 11) is 0. The summed E-state index contributed by atoms with van der Waals surface area (Å²) >= 11 is 0. The van der Waals surface area contributed by atoms with Crippen LogP contribution in [0.15, 0.2) is 36.5 Å². The Balaban J connectivity index is 3.41. The standard InChI is InChI=1S/C60H113NO5/c1-3-5-7-9-11-13-15-16-17-18-24-27-30-34-38-42-46-50-54-60(65)66-55-51-47-43-39-35-31-28-25-22-20-19-21-23-26-29-33-37-41-45-49-53-59(64)61-57(56-62)58(63)52-48-44-40-36-32-14-12-10-8-6-4-2/h13,15,17-19,21,57-58,62-63H,3-12,14,16,20,22-56H2,1-2H3,(H,61,64)/b15-13-,18-17-,21-19-. The van der Waals surface area contributed by atoms with E-state index in [2.05, 4.69) is 55.6 Å². The van der Waals surface area contributed by atoms with Crippen molar-refractivity contribution in [2.24, 2.45) is 0 Å². The lowest BCUT2D eigenvalue weighted by Gasteiger charge is -2.22. The number of nitrogens with one attached hydrogen (secondary N) is 1. The minimum Gasteiger partial charge on any atom is -0.466 e. The van der Waals surface area contributed by atoms with Crippen LogP contribution in [0.25, 0.3) is 0 Å². The Morgan fingerprint density at radius 3 is 1.18 bits per heavy atom. The molecule has 0 heterocycles. The highest BCUT2D eigenvalue weighted by Gasteiger charge is 2.20. The number of unbranched alkanes of at least 4 members (excludes halogenated alkanes) is 37. The van der Waals surface area contributed by atoms with Crippen LogP contribution >= 0.6 is 0 Å². The fourth-order valence-electron chi connectivity index (χ4n) is 8.90. The largest absolute Gasteiger partial charge is 0.466 e. The molecule has 0 aliphatic carbocycles. The highest BCUT2D eigenvalue weighted by atomic mass is 16.5. The topological polar surface area (TPSA) is 95.9 Å². The number of hydrogen-bond acceptors (Lipinski definition) is 5. The van der Waals surface area contributed by atoms with Crippen LogP contribution in [-0.2, 0) is 14.3 Å². The predicted octanol–water partition coefficient (Wildman–Crippen LogP) is 18.0. The maximum Gasteiger partial charge on any atom is 0.305 e. The summed E-state index contributed by atoms with van der Waals surface area (Å²) in [5.41, 5.74) is 0. The number of allylic oxidation sites excluding steroid dienone is 6.